The highest BCUT2D eigenvalue weighted by atomic mass is 19.1. The van der Waals surface area contributed by atoms with E-state index in [2.05, 4.69) is 5.32 Å². The number of hydrogen-bond donors (Lipinski definition) is 1. The Morgan fingerprint density at radius 2 is 1.93 bits per heavy atom. The molecule has 0 unspecified atom stereocenters. The first-order valence-electron chi connectivity index (χ1n) is 8.63. The molecule has 1 aromatic carbocycles. The molecule has 2 amide bonds. The predicted molar refractivity (Wildman–Crippen MR) is 97.3 cm³/mol. The second-order valence-electron chi connectivity index (χ2n) is 6.33. The first kappa shape index (κ1) is 18.6. The van der Waals surface area contributed by atoms with Crippen LogP contribution < -0.4 is 15.6 Å². The van der Waals surface area contributed by atoms with Gasteiger partial charge in [0, 0.05) is 26.3 Å². The van der Waals surface area contributed by atoms with Gasteiger partial charge in [-0.1, -0.05) is 12.1 Å². The lowest BCUT2D eigenvalue weighted by atomic mass is 10.2. The van der Waals surface area contributed by atoms with Crippen molar-refractivity contribution < 1.29 is 18.7 Å². The van der Waals surface area contributed by atoms with Gasteiger partial charge in [-0.15, -0.1) is 0 Å². The topological polar surface area (TPSA) is 80.6 Å². The molecule has 0 radical (unpaired) electrons. The van der Waals surface area contributed by atoms with E-state index in [1.165, 1.54) is 42.1 Å². The number of aromatic nitrogens is 1. The molecule has 2 heterocycles. The molecule has 3 rings (SSSR count). The van der Waals surface area contributed by atoms with E-state index in [1.807, 2.05) is 0 Å². The lowest BCUT2D eigenvalue weighted by Crippen LogP contribution is -2.31. The summed E-state index contributed by atoms with van der Waals surface area (Å²) in [6.07, 6.45) is 3.36. The van der Waals surface area contributed by atoms with Gasteiger partial charge in [0.15, 0.2) is 18.2 Å². The average Bonchev–Trinajstić information content (AvgIpc) is 3.18. The van der Waals surface area contributed by atoms with Crippen LogP contribution in [0.25, 0.3) is 0 Å². The quantitative estimate of drug-likeness (QED) is 0.866. The van der Waals surface area contributed by atoms with Crippen molar-refractivity contribution >= 4 is 17.5 Å². The third-order valence-corrected chi connectivity index (χ3v) is 4.29. The van der Waals surface area contributed by atoms with Gasteiger partial charge in [0.2, 0.25) is 0 Å². The Morgan fingerprint density at radius 3 is 2.63 bits per heavy atom. The fourth-order valence-electron chi connectivity index (χ4n) is 2.91. The number of carbonyl (C=O) groups excluding carboxylic acids is 2. The number of pyridine rings is 1. The van der Waals surface area contributed by atoms with Crippen LogP contribution in [0.4, 0.5) is 10.1 Å². The van der Waals surface area contributed by atoms with Gasteiger partial charge in [-0.3, -0.25) is 14.4 Å². The van der Waals surface area contributed by atoms with Crippen molar-refractivity contribution in [3.05, 3.63) is 58.3 Å². The van der Waals surface area contributed by atoms with E-state index in [9.17, 15) is 18.8 Å². The van der Waals surface area contributed by atoms with E-state index < -0.39 is 23.9 Å². The highest BCUT2D eigenvalue weighted by Gasteiger charge is 2.21. The summed E-state index contributed by atoms with van der Waals surface area (Å²) in [5, 5.41) is 2.44. The van der Waals surface area contributed by atoms with Crippen LogP contribution >= 0.6 is 0 Å². The van der Waals surface area contributed by atoms with Crippen molar-refractivity contribution in [2.75, 3.05) is 25.0 Å². The summed E-state index contributed by atoms with van der Waals surface area (Å²) in [5.41, 5.74) is -0.152. The van der Waals surface area contributed by atoms with Gasteiger partial charge in [-0.05, 0) is 31.0 Å². The number of aryl methyl sites for hydroxylation is 1. The predicted octanol–water partition coefficient (Wildman–Crippen LogP) is 1.78. The molecule has 0 aliphatic carbocycles. The van der Waals surface area contributed by atoms with Crippen molar-refractivity contribution in [3.8, 4) is 5.75 Å². The van der Waals surface area contributed by atoms with Gasteiger partial charge >= 0.3 is 0 Å². The second kappa shape index (κ2) is 8.03. The molecule has 1 aliphatic rings. The van der Waals surface area contributed by atoms with Crippen molar-refractivity contribution in [3.63, 3.8) is 0 Å². The van der Waals surface area contributed by atoms with E-state index >= 15 is 0 Å². The molecule has 1 saturated heterocycles. The smallest absolute Gasteiger partial charge is 0.274 e. The highest BCUT2D eigenvalue weighted by molar-refractivity contribution is 5.97. The summed E-state index contributed by atoms with van der Waals surface area (Å²) in [6, 6.07) is 7.08. The third-order valence-electron chi connectivity index (χ3n) is 4.29. The highest BCUT2D eigenvalue weighted by Crippen LogP contribution is 2.16. The largest absolute Gasteiger partial charge is 0.481 e. The SMILES string of the molecule is Cn1cc(C(=O)N2CCCC2)cc(NC(=O)COc2ccccc2F)c1=O. The summed E-state index contributed by atoms with van der Waals surface area (Å²) < 4.78 is 19.9. The molecule has 8 heteroatoms. The summed E-state index contributed by atoms with van der Waals surface area (Å²) in [5.74, 6) is -1.44. The number of likely N-dealkylation sites (tertiary alicyclic amines) is 1. The van der Waals surface area contributed by atoms with Gasteiger partial charge in [0.25, 0.3) is 17.4 Å². The number of rotatable bonds is 5. The van der Waals surface area contributed by atoms with Crippen LogP contribution in [-0.4, -0.2) is 41.0 Å². The van der Waals surface area contributed by atoms with Crippen LogP contribution in [-0.2, 0) is 11.8 Å². The molecular formula is C19H20FN3O4. The van der Waals surface area contributed by atoms with Crippen LogP contribution in [0.3, 0.4) is 0 Å². The maximum atomic E-state index is 13.5. The molecule has 0 atom stereocenters. The van der Waals surface area contributed by atoms with Gasteiger partial charge < -0.3 is 19.5 Å². The molecule has 142 valence electrons. The first-order valence-corrected chi connectivity index (χ1v) is 8.63. The first-order chi connectivity index (χ1) is 13.0. The normalized spacial score (nSPS) is 13.5. The molecule has 0 saturated carbocycles. The molecular weight excluding hydrogens is 353 g/mol. The molecule has 0 spiro atoms. The van der Waals surface area contributed by atoms with E-state index in [0.717, 1.165) is 12.8 Å². The number of ether oxygens (including phenoxy) is 1. The Hall–Kier alpha value is -3.16. The van der Waals surface area contributed by atoms with Gasteiger partial charge in [0.1, 0.15) is 5.69 Å². The Balaban J connectivity index is 1.71. The number of hydrogen-bond acceptors (Lipinski definition) is 4. The van der Waals surface area contributed by atoms with Crippen molar-refractivity contribution in [2.45, 2.75) is 12.8 Å². The maximum absolute atomic E-state index is 13.5. The van der Waals surface area contributed by atoms with Crippen LogP contribution in [0.5, 0.6) is 5.75 Å². The van der Waals surface area contributed by atoms with E-state index in [4.69, 9.17) is 4.74 Å². The summed E-state index contributed by atoms with van der Waals surface area (Å²) in [7, 11) is 1.51. The minimum absolute atomic E-state index is 0.0234. The fraction of sp³-hybridized carbons (Fsp3) is 0.316. The number of halogens is 1. The summed E-state index contributed by atoms with van der Waals surface area (Å²) >= 11 is 0. The third kappa shape index (κ3) is 4.33. The van der Waals surface area contributed by atoms with Crippen LogP contribution in [0.2, 0.25) is 0 Å². The van der Waals surface area contributed by atoms with Crippen LogP contribution in [0, 0.1) is 5.82 Å². The van der Waals surface area contributed by atoms with Gasteiger partial charge in [-0.2, -0.15) is 0 Å². The summed E-state index contributed by atoms with van der Waals surface area (Å²) in [6.45, 7) is 0.897. The molecule has 27 heavy (non-hydrogen) atoms. The van der Waals surface area contributed by atoms with E-state index in [-0.39, 0.29) is 17.3 Å². The molecule has 1 aromatic heterocycles. The zero-order valence-corrected chi connectivity index (χ0v) is 14.9. The molecule has 0 bridgehead atoms. The number of para-hydroxylation sites is 1. The zero-order valence-electron chi connectivity index (χ0n) is 14.9. The fourth-order valence-corrected chi connectivity index (χ4v) is 2.91. The molecule has 1 N–H and O–H groups in total. The average molecular weight is 373 g/mol. The Labute approximate surface area is 155 Å². The number of nitrogens with zero attached hydrogens (tertiary/aromatic N) is 2. The second-order valence-corrected chi connectivity index (χ2v) is 6.33. The number of carbonyl (C=O) groups is 2. The van der Waals surface area contributed by atoms with Crippen molar-refractivity contribution in [2.24, 2.45) is 7.05 Å². The van der Waals surface area contributed by atoms with Gasteiger partial charge in [-0.25, -0.2) is 4.39 Å². The monoisotopic (exact) mass is 373 g/mol. The van der Waals surface area contributed by atoms with Crippen molar-refractivity contribution in [1.82, 2.24) is 9.47 Å². The van der Waals surface area contributed by atoms with Crippen molar-refractivity contribution in [1.29, 1.82) is 0 Å². The number of amides is 2. The molecule has 1 aliphatic heterocycles. The van der Waals surface area contributed by atoms with E-state index in [0.29, 0.717) is 18.7 Å². The lowest BCUT2D eigenvalue weighted by Gasteiger charge is -2.16. The maximum Gasteiger partial charge on any atom is 0.274 e. The Bertz CT molecular complexity index is 919. The summed E-state index contributed by atoms with van der Waals surface area (Å²) in [4.78, 5) is 38.6. The Kier molecular flexibility index (Phi) is 5.54. The van der Waals surface area contributed by atoms with Gasteiger partial charge in [0.05, 0.1) is 5.56 Å². The molecule has 2 aromatic rings. The number of anilines is 1. The minimum atomic E-state index is -0.624. The minimum Gasteiger partial charge on any atom is -0.481 e. The Morgan fingerprint density at radius 1 is 1.22 bits per heavy atom. The van der Waals surface area contributed by atoms with E-state index in [1.54, 1.807) is 11.0 Å². The number of nitrogens with one attached hydrogen (secondary N) is 1. The lowest BCUT2D eigenvalue weighted by molar-refractivity contribution is -0.118. The van der Waals surface area contributed by atoms with Crippen LogP contribution in [0.1, 0.15) is 23.2 Å². The van der Waals surface area contributed by atoms with Crippen LogP contribution in [0.15, 0.2) is 41.3 Å². The zero-order chi connectivity index (χ0) is 19.4. The molecule has 7 nitrogen and oxygen atoms in total. The molecule has 1 fully saturated rings. The number of benzene rings is 1. The standard InChI is InChI=1S/C19H20FN3O4/c1-22-11-13(18(25)23-8-4-5-9-23)10-15(19(22)26)21-17(24)12-27-16-7-3-2-6-14(16)20/h2-3,6-7,10-11H,4-5,8-9,12H2,1H3,(H,21,24).